The molecule has 1 aromatic heterocycles. The van der Waals surface area contributed by atoms with Crippen molar-refractivity contribution in [3.63, 3.8) is 0 Å². The Hall–Kier alpha value is -4.45. The molecule has 3 aromatic rings. The lowest BCUT2D eigenvalue weighted by molar-refractivity contribution is 0.0696. The number of aryl methyl sites for hydroxylation is 1. The molecule has 0 radical (unpaired) electrons. The highest BCUT2D eigenvalue weighted by molar-refractivity contribution is 5.95. The highest BCUT2D eigenvalue weighted by atomic mass is 16.4. The maximum atomic E-state index is 11.2. The molecule has 32 heavy (non-hydrogen) atoms. The molecule has 5 N–H and O–H groups in total. The minimum Gasteiger partial charge on any atom is -0.478 e. The Morgan fingerprint density at radius 3 is 2.06 bits per heavy atom. The first kappa shape index (κ1) is 22.2. The summed E-state index contributed by atoms with van der Waals surface area (Å²) < 4.78 is 0. The normalized spacial score (nSPS) is 10.8. The summed E-state index contributed by atoms with van der Waals surface area (Å²) in [6, 6.07) is 10.3. The van der Waals surface area contributed by atoms with E-state index in [4.69, 9.17) is 15.3 Å². The Kier molecular flexibility index (Phi) is 6.98. The largest absolute Gasteiger partial charge is 0.478 e. The molecule has 0 amide bonds. The standard InChI is InChI=1S/C20H19N7O5/c1-11-22-19(21-6-7-28)25-20(23-11)24-14-2-4-15(5-3-14)26-27-16-9-12(17(29)30)8-13(10-16)18(31)32/h2-5,8-10,28H,6-7H2,1H3,(H,29,30)(H,31,32)(H2,21,22,23,24,25). The molecule has 12 nitrogen and oxygen atoms in total. The van der Waals surface area contributed by atoms with Gasteiger partial charge in [0.1, 0.15) is 5.82 Å². The van der Waals surface area contributed by atoms with E-state index in [2.05, 4.69) is 35.8 Å². The summed E-state index contributed by atoms with van der Waals surface area (Å²) in [4.78, 5) is 34.9. The summed E-state index contributed by atoms with van der Waals surface area (Å²) in [6.45, 7) is 1.98. The van der Waals surface area contributed by atoms with Crippen molar-refractivity contribution in [2.75, 3.05) is 23.8 Å². The van der Waals surface area contributed by atoms with Gasteiger partial charge >= 0.3 is 11.9 Å². The van der Waals surface area contributed by atoms with Gasteiger partial charge < -0.3 is 26.0 Å². The maximum absolute atomic E-state index is 11.2. The number of hydrogen-bond acceptors (Lipinski definition) is 10. The molecule has 0 saturated heterocycles. The average Bonchev–Trinajstić information content (AvgIpc) is 2.76. The van der Waals surface area contributed by atoms with Crippen LogP contribution in [0.2, 0.25) is 0 Å². The van der Waals surface area contributed by atoms with Crippen molar-refractivity contribution in [3.05, 3.63) is 59.4 Å². The number of carboxylic acids is 2. The van der Waals surface area contributed by atoms with Crippen LogP contribution in [-0.4, -0.2) is 55.4 Å². The maximum Gasteiger partial charge on any atom is 0.335 e. The summed E-state index contributed by atoms with van der Waals surface area (Å²) in [5, 5.41) is 41.0. The van der Waals surface area contributed by atoms with E-state index < -0.39 is 11.9 Å². The van der Waals surface area contributed by atoms with Gasteiger partial charge in [0.2, 0.25) is 11.9 Å². The summed E-state index contributed by atoms with van der Waals surface area (Å²) in [5.41, 5.74) is 0.847. The first-order valence-corrected chi connectivity index (χ1v) is 9.32. The summed E-state index contributed by atoms with van der Waals surface area (Å²) in [7, 11) is 0. The summed E-state index contributed by atoms with van der Waals surface area (Å²) >= 11 is 0. The van der Waals surface area contributed by atoms with Crippen LogP contribution in [0.15, 0.2) is 52.7 Å². The number of carboxylic acid groups (broad SMARTS) is 2. The minimum atomic E-state index is -1.26. The Morgan fingerprint density at radius 2 is 1.47 bits per heavy atom. The fourth-order valence-corrected chi connectivity index (χ4v) is 2.56. The van der Waals surface area contributed by atoms with Crippen molar-refractivity contribution < 1.29 is 24.9 Å². The van der Waals surface area contributed by atoms with E-state index in [1.54, 1.807) is 31.2 Å². The second-order valence-corrected chi connectivity index (χ2v) is 6.43. The van der Waals surface area contributed by atoms with Crippen LogP contribution in [0.5, 0.6) is 0 Å². The molecule has 2 aromatic carbocycles. The number of hydrogen-bond donors (Lipinski definition) is 5. The van der Waals surface area contributed by atoms with E-state index in [1.807, 2.05) is 0 Å². The molecule has 3 rings (SSSR count). The predicted molar refractivity (Wildman–Crippen MR) is 114 cm³/mol. The molecule has 0 unspecified atom stereocenters. The van der Waals surface area contributed by atoms with Crippen molar-refractivity contribution >= 4 is 40.9 Å². The molecular formula is C20H19N7O5. The van der Waals surface area contributed by atoms with Gasteiger partial charge in [-0.05, 0) is 49.4 Å². The van der Waals surface area contributed by atoms with Crippen LogP contribution in [0, 0.1) is 6.92 Å². The van der Waals surface area contributed by atoms with Crippen molar-refractivity contribution in [2.24, 2.45) is 10.2 Å². The number of anilines is 3. The van der Waals surface area contributed by atoms with Gasteiger partial charge in [-0.1, -0.05) is 0 Å². The number of benzene rings is 2. The SMILES string of the molecule is Cc1nc(NCCO)nc(Nc2ccc(N=Nc3cc(C(=O)O)cc(C(=O)O)c3)cc2)n1. The number of nitrogens with zero attached hydrogens (tertiary/aromatic N) is 5. The van der Waals surface area contributed by atoms with Crippen LogP contribution in [-0.2, 0) is 0 Å². The number of aliphatic hydroxyl groups is 1. The van der Waals surface area contributed by atoms with Crippen molar-refractivity contribution in [1.82, 2.24) is 15.0 Å². The lowest BCUT2D eigenvalue weighted by Crippen LogP contribution is -2.11. The van der Waals surface area contributed by atoms with E-state index in [0.29, 0.717) is 35.6 Å². The Labute approximate surface area is 181 Å². The minimum absolute atomic E-state index is 0.0538. The van der Waals surface area contributed by atoms with E-state index >= 15 is 0 Å². The zero-order valence-electron chi connectivity index (χ0n) is 16.8. The van der Waals surface area contributed by atoms with E-state index in [-0.39, 0.29) is 23.4 Å². The van der Waals surface area contributed by atoms with Crippen LogP contribution in [0.3, 0.4) is 0 Å². The Bertz CT molecular complexity index is 1130. The smallest absolute Gasteiger partial charge is 0.335 e. The molecule has 12 heteroatoms. The van der Waals surface area contributed by atoms with E-state index in [9.17, 15) is 9.59 Å². The molecule has 0 aliphatic rings. The molecule has 0 fully saturated rings. The fraction of sp³-hybridized carbons (Fsp3) is 0.150. The molecule has 0 atom stereocenters. The Balaban J connectivity index is 1.74. The second-order valence-electron chi connectivity index (χ2n) is 6.43. The van der Waals surface area contributed by atoms with Gasteiger partial charge in [0.05, 0.1) is 29.1 Å². The van der Waals surface area contributed by atoms with Gasteiger partial charge in [0, 0.05) is 12.2 Å². The first-order valence-electron chi connectivity index (χ1n) is 9.32. The summed E-state index contributed by atoms with van der Waals surface area (Å²) in [5.74, 6) is -1.37. The van der Waals surface area contributed by atoms with Crippen molar-refractivity contribution in [2.45, 2.75) is 6.92 Å². The zero-order chi connectivity index (χ0) is 23.1. The quantitative estimate of drug-likeness (QED) is 0.312. The van der Waals surface area contributed by atoms with Crippen LogP contribution < -0.4 is 10.6 Å². The van der Waals surface area contributed by atoms with Gasteiger partial charge in [-0.15, -0.1) is 0 Å². The fourth-order valence-electron chi connectivity index (χ4n) is 2.56. The van der Waals surface area contributed by atoms with Gasteiger partial charge in [0.15, 0.2) is 0 Å². The molecule has 0 saturated carbocycles. The molecule has 0 aliphatic heterocycles. The van der Waals surface area contributed by atoms with Gasteiger partial charge in [-0.25, -0.2) is 9.59 Å². The van der Waals surface area contributed by atoms with Crippen molar-refractivity contribution in [1.29, 1.82) is 0 Å². The lowest BCUT2D eigenvalue weighted by Gasteiger charge is -2.08. The van der Waals surface area contributed by atoms with E-state index in [1.165, 1.54) is 12.1 Å². The average molecular weight is 437 g/mol. The molecule has 0 spiro atoms. The third-order valence-electron chi connectivity index (χ3n) is 3.96. The third-order valence-corrected chi connectivity index (χ3v) is 3.96. The first-order chi connectivity index (χ1) is 15.3. The molecule has 0 aliphatic carbocycles. The van der Waals surface area contributed by atoms with Gasteiger partial charge in [0.25, 0.3) is 0 Å². The van der Waals surface area contributed by atoms with Crippen LogP contribution in [0.25, 0.3) is 0 Å². The zero-order valence-corrected chi connectivity index (χ0v) is 16.8. The number of aromatic carboxylic acids is 2. The lowest BCUT2D eigenvalue weighted by atomic mass is 10.1. The van der Waals surface area contributed by atoms with Gasteiger partial charge in [-0.3, -0.25) is 0 Å². The van der Waals surface area contributed by atoms with Crippen LogP contribution in [0.1, 0.15) is 26.5 Å². The summed E-state index contributed by atoms with van der Waals surface area (Å²) in [6.07, 6.45) is 0. The molecular weight excluding hydrogens is 418 g/mol. The number of rotatable bonds is 9. The second kappa shape index (κ2) is 10.0. The number of carbonyl (C=O) groups is 2. The van der Waals surface area contributed by atoms with Crippen LogP contribution in [0.4, 0.5) is 29.0 Å². The number of aromatic nitrogens is 3. The molecule has 0 bridgehead atoms. The number of nitrogens with one attached hydrogen (secondary N) is 2. The molecule has 1 heterocycles. The number of aliphatic hydroxyl groups excluding tert-OH is 1. The highest BCUT2D eigenvalue weighted by Gasteiger charge is 2.11. The van der Waals surface area contributed by atoms with E-state index in [0.717, 1.165) is 6.07 Å². The van der Waals surface area contributed by atoms with Gasteiger partial charge in [-0.2, -0.15) is 25.2 Å². The topological polar surface area (TPSA) is 182 Å². The monoisotopic (exact) mass is 437 g/mol. The Morgan fingerprint density at radius 1 is 0.875 bits per heavy atom. The van der Waals surface area contributed by atoms with Crippen LogP contribution >= 0.6 is 0 Å². The van der Waals surface area contributed by atoms with Crippen molar-refractivity contribution in [3.8, 4) is 0 Å². The third kappa shape index (κ3) is 6.03. The predicted octanol–water partition coefficient (Wildman–Crippen LogP) is 3.14. The highest BCUT2D eigenvalue weighted by Crippen LogP contribution is 2.24. The molecule has 164 valence electrons. The number of azo groups is 1.